The van der Waals surface area contributed by atoms with Crippen molar-refractivity contribution >= 4 is 11.4 Å². The van der Waals surface area contributed by atoms with Crippen LogP contribution in [0.5, 0.6) is 0 Å². The Morgan fingerprint density at radius 1 is 1.22 bits per heavy atom. The first kappa shape index (κ1) is 13.3. The number of nitrogens with one attached hydrogen (secondary N) is 1. The average molecular weight is 246 g/mol. The van der Waals surface area contributed by atoms with Crippen LogP contribution in [0, 0.1) is 5.92 Å². The maximum absolute atomic E-state index is 3.48. The molecular formula is C16H26N2. The van der Waals surface area contributed by atoms with Crippen molar-refractivity contribution in [3.63, 3.8) is 0 Å². The number of hydrogen-bond acceptors (Lipinski definition) is 2. The summed E-state index contributed by atoms with van der Waals surface area (Å²) < 4.78 is 0. The molecule has 0 radical (unpaired) electrons. The zero-order valence-corrected chi connectivity index (χ0v) is 12.2. The van der Waals surface area contributed by atoms with E-state index >= 15 is 0 Å². The second kappa shape index (κ2) is 5.64. The monoisotopic (exact) mass is 246 g/mol. The Balaban J connectivity index is 2.24. The summed E-state index contributed by atoms with van der Waals surface area (Å²) >= 11 is 0. The quantitative estimate of drug-likeness (QED) is 0.866. The summed E-state index contributed by atoms with van der Waals surface area (Å²) in [7, 11) is 0. The van der Waals surface area contributed by atoms with Crippen LogP contribution in [-0.4, -0.2) is 19.1 Å². The molecular weight excluding hydrogens is 220 g/mol. The summed E-state index contributed by atoms with van der Waals surface area (Å²) in [6, 6.07) is 7.45. The molecule has 0 amide bonds. The van der Waals surface area contributed by atoms with Gasteiger partial charge in [-0.3, -0.25) is 0 Å². The third-order valence-electron chi connectivity index (χ3n) is 3.54. The first-order chi connectivity index (χ1) is 8.58. The van der Waals surface area contributed by atoms with Crippen molar-refractivity contribution in [1.29, 1.82) is 0 Å². The molecule has 0 saturated carbocycles. The first-order valence-electron chi connectivity index (χ1n) is 7.21. The molecule has 0 aliphatic carbocycles. The minimum absolute atomic E-state index is 0.557. The first-order valence-corrected chi connectivity index (χ1v) is 7.21. The van der Waals surface area contributed by atoms with E-state index in [2.05, 4.69) is 56.1 Å². The maximum atomic E-state index is 3.48. The summed E-state index contributed by atoms with van der Waals surface area (Å²) in [6.45, 7) is 11.4. The van der Waals surface area contributed by atoms with Gasteiger partial charge in [0, 0.05) is 30.5 Å². The predicted molar refractivity (Wildman–Crippen MR) is 80.6 cm³/mol. The summed E-state index contributed by atoms with van der Waals surface area (Å²) in [5.74, 6) is 0.696. The van der Waals surface area contributed by atoms with Gasteiger partial charge in [-0.25, -0.2) is 0 Å². The molecule has 0 saturated heterocycles. The molecule has 1 aromatic carbocycles. The predicted octanol–water partition coefficient (Wildman–Crippen LogP) is 3.92. The largest absolute Gasteiger partial charge is 0.385 e. The van der Waals surface area contributed by atoms with Crippen LogP contribution in [0.15, 0.2) is 18.2 Å². The molecule has 1 aliphatic rings. The maximum Gasteiger partial charge on any atom is 0.0374 e. The van der Waals surface area contributed by atoms with Crippen LogP contribution in [0.3, 0.4) is 0 Å². The second-order valence-corrected chi connectivity index (χ2v) is 6.01. The van der Waals surface area contributed by atoms with E-state index in [1.807, 2.05) is 0 Å². The fourth-order valence-electron chi connectivity index (χ4n) is 2.65. The number of rotatable bonds is 4. The fraction of sp³-hybridized carbons (Fsp3) is 0.625. The van der Waals surface area contributed by atoms with Crippen LogP contribution in [0.1, 0.15) is 39.7 Å². The number of aryl methyl sites for hydroxylation is 1. The summed E-state index contributed by atoms with van der Waals surface area (Å²) in [6.07, 6.45) is 2.46. The smallest absolute Gasteiger partial charge is 0.0374 e. The van der Waals surface area contributed by atoms with Crippen LogP contribution in [0.25, 0.3) is 0 Å². The molecule has 2 heteroatoms. The summed E-state index contributed by atoms with van der Waals surface area (Å²) in [5.41, 5.74) is 4.19. The molecule has 1 N–H and O–H groups in total. The van der Waals surface area contributed by atoms with Crippen LogP contribution >= 0.6 is 0 Å². The number of hydrogen-bond donors (Lipinski definition) is 1. The summed E-state index contributed by atoms with van der Waals surface area (Å²) in [4.78, 5) is 2.51. The van der Waals surface area contributed by atoms with E-state index < -0.39 is 0 Å². The Morgan fingerprint density at radius 3 is 2.67 bits per heavy atom. The van der Waals surface area contributed by atoms with Gasteiger partial charge in [0.25, 0.3) is 0 Å². The second-order valence-electron chi connectivity index (χ2n) is 6.01. The lowest BCUT2D eigenvalue weighted by Crippen LogP contribution is -2.34. The standard InChI is InChI=1S/C16H26N2/c1-12(2)11-18(13(3)4)15-7-8-16-14(10-15)6-5-9-17-16/h7-8,10,12-13,17H,5-6,9,11H2,1-4H3. The minimum atomic E-state index is 0.557. The Kier molecular flexibility index (Phi) is 4.15. The van der Waals surface area contributed by atoms with Crippen LogP contribution in [0.4, 0.5) is 11.4 Å². The molecule has 2 nitrogen and oxygen atoms in total. The molecule has 0 aromatic heterocycles. The van der Waals surface area contributed by atoms with Crippen molar-refractivity contribution in [2.75, 3.05) is 23.3 Å². The van der Waals surface area contributed by atoms with Crippen LogP contribution in [0.2, 0.25) is 0 Å². The fourth-order valence-corrected chi connectivity index (χ4v) is 2.65. The highest BCUT2D eigenvalue weighted by atomic mass is 15.2. The van der Waals surface area contributed by atoms with Gasteiger partial charge in [-0.05, 0) is 56.4 Å². The number of nitrogens with zero attached hydrogens (tertiary/aromatic N) is 1. The highest BCUT2D eigenvalue weighted by Gasteiger charge is 2.15. The molecule has 1 aliphatic heterocycles. The number of fused-ring (bicyclic) bond motifs is 1. The minimum Gasteiger partial charge on any atom is -0.385 e. The molecule has 2 rings (SSSR count). The van der Waals surface area contributed by atoms with Gasteiger partial charge in [0.1, 0.15) is 0 Å². The normalized spacial score (nSPS) is 14.6. The van der Waals surface area contributed by atoms with Gasteiger partial charge in [0.15, 0.2) is 0 Å². The Morgan fingerprint density at radius 2 is 2.00 bits per heavy atom. The molecule has 18 heavy (non-hydrogen) atoms. The molecule has 0 unspecified atom stereocenters. The Hall–Kier alpha value is -1.18. The third-order valence-corrected chi connectivity index (χ3v) is 3.54. The van der Waals surface area contributed by atoms with Crippen molar-refractivity contribution in [3.8, 4) is 0 Å². The lowest BCUT2D eigenvalue weighted by Gasteiger charge is -2.32. The third kappa shape index (κ3) is 2.98. The van der Waals surface area contributed by atoms with Crippen LogP contribution < -0.4 is 10.2 Å². The van der Waals surface area contributed by atoms with Gasteiger partial charge in [0.05, 0.1) is 0 Å². The lowest BCUT2D eigenvalue weighted by molar-refractivity contribution is 0.571. The number of anilines is 2. The molecule has 0 spiro atoms. The SMILES string of the molecule is CC(C)CN(c1ccc2c(c1)CCCN2)C(C)C. The Bertz CT molecular complexity index is 396. The van der Waals surface area contributed by atoms with E-state index in [1.165, 1.54) is 29.8 Å². The van der Waals surface area contributed by atoms with E-state index in [4.69, 9.17) is 0 Å². The molecule has 100 valence electrons. The van der Waals surface area contributed by atoms with Gasteiger partial charge in [0.2, 0.25) is 0 Å². The van der Waals surface area contributed by atoms with Crippen molar-refractivity contribution < 1.29 is 0 Å². The van der Waals surface area contributed by atoms with E-state index in [-0.39, 0.29) is 0 Å². The van der Waals surface area contributed by atoms with Gasteiger partial charge in [-0.1, -0.05) is 13.8 Å². The van der Waals surface area contributed by atoms with Gasteiger partial charge in [-0.15, -0.1) is 0 Å². The average Bonchev–Trinajstić information content (AvgIpc) is 2.35. The highest BCUT2D eigenvalue weighted by molar-refractivity contribution is 5.62. The highest BCUT2D eigenvalue weighted by Crippen LogP contribution is 2.28. The zero-order chi connectivity index (χ0) is 13.1. The van der Waals surface area contributed by atoms with E-state index in [0.29, 0.717) is 12.0 Å². The van der Waals surface area contributed by atoms with Crippen molar-refractivity contribution in [1.82, 2.24) is 0 Å². The van der Waals surface area contributed by atoms with E-state index in [9.17, 15) is 0 Å². The number of benzene rings is 1. The van der Waals surface area contributed by atoms with Crippen LogP contribution in [-0.2, 0) is 6.42 Å². The molecule has 1 heterocycles. The van der Waals surface area contributed by atoms with Gasteiger partial charge >= 0.3 is 0 Å². The topological polar surface area (TPSA) is 15.3 Å². The van der Waals surface area contributed by atoms with Gasteiger partial charge in [-0.2, -0.15) is 0 Å². The van der Waals surface area contributed by atoms with Crippen molar-refractivity contribution in [2.24, 2.45) is 5.92 Å². The van der Waals surface area contributed by atoms with Crippen molar-refractivity contribution in [3.05, 3.63) is 23.8 Å². The lowest BCUT2D eigenvalue weighted by atomic mass is 10.0. The molecule has 0 atom stereocenters. The zero-order valence-electron chi connectivity index (χ0n) is 12.2. The van der Waals surface area contributed by atoms with E-state index in [1.54, 1.807) is 0 Å². The van der Waals surface area contributed by atoms with Crippen molar-refractivity contribution in [2.45, 2.75) is 46.6 Å². The Labute approximate surface area is 111 Å². The summed E-state index contributed by atoms with van der Waals surface area (Å²) in [5, 5.41) is 3.48. The molecule has 1 aromatic rings. The molecule has 0 bridgehead atoms. The van der Waals surface area contributed by atoms with Gasteiger partial charge < -0.3 is 10.2 Å². The molecule has 0 fully saturated rings. The van der Waals surface area contributed by atoms with E-state index in [0.717, 1.165) is 13.1 Å².